The minimum absolute atomic E-state index is 0.00658. The molecule has 2 aromatic rings. The Morgan fingerprint density at radius 1 is 1.08 bits per heavy atom. The Kier molecular flexibility index (Phi) is 7.05. The van der Waals surface area contributed by atoms with Gasteiger partial charge in [0.25, 0.3) is 5.92 Å². The number of benzene rings is 2. The number of aliphatic carboxylic acids is 1. The van der Waals surface area contributed by atoms with Gasteiger partial charge in [0.15, 0.2) is 6.10 Å². The number of amides is 2. The number of halogens is 3. The summed E-state index contributed by atoms with van der Waals surface area (Å²) in [5.41, 5.74) is 5.25. The highest BCUT2D eigenvalue weighted by molar-refractivity contribution is 6.33. The normalized spacial score (nSPS) is 17.8. The second-order valence-electron chi connectivity index (χ2n) is 11.1. The van der Waals surface area contributed by atoms with E-state index in [0.717, 1.165) is 22.3 Å². The SMILES string of the molecule is Cc1ccc(-c2c(C)c3c(c(C)c2C(OC(C)(C)C)C(=O)O)CN(C(=O)N2CCC(F)(F)C2)C3)c(Cl)c1. The van der Waals surface area contributed by atoms with E-state index in [1.807, 2.05) is 39.0 Å². The number of carboxylic acid groups (broad SMARTS) is 1. The van der Waals surface area contributed by atoms with Crippen molar-refractivity contribution in [3.05, 3.63) is 56.6 Å². The number of hydrogen-bond acceptors (Lipinski definition) is 3. The zero-order valence-corrected chi connectivity index (χ0v) is 22.8. The van der Waals surface area contributed by atoms with Crippen LogP contribution in [-0.4, -0.2) is 51.5 Å². The lowest BCUT2D eigenvalue weighted by Crippen LogP contribution is -2.40. The van der Waals surface area contributed by atoms with Crippen LogP contribution in [0, 0.1) is 20.8 Å². The van der Waals surface area contributed by atoms with Crippen molar-refractivity contribution in [2.75, 3.05) is 13.1 Å². The van der Waals surface area contributed by atoms with Crippen molar-refractivity contribution >= 4 is 23.6 Å². The van der Waals surface area contributed by atoms with Crippen LogP contribution in [0.5, 0.6) is 0 Å². The third kappa shape index (κ3) is 5.32. The molecule has 0 radical (unpaired) electrons. The number of hydrogen-bond donors (Lipinski definition) is 1. The van der Waals surface area contributed by atoms with Gasteiger partial charge < -0.3 is 19.6 Å². The Morgan fingerprint density at radius 3 is 2.22 bits per heavy atom. The minimum atomic E-state index is -2.88. The molecule has 2 aromatic carbocycles. The highest BCUT2D eigenvalue weighted by Crippen LogP contribution is 2.45. The summed E-state index contributed by atoms with van der Waals surface area (Å²) in [4.78, 5) is 28.5. The molecule has 1 unspecified atom stereocenters. The lowest BCUT2D eigenvalue weighted by molar-refractivity contribution is -0.160. The van der Waals surface area contributed by atoms with Gasteiger partial charge in [-0.05, 0) is 81.0 Å². The molecule has 0 saturated carbocycles. The van der Waals surface area contributed by atoms with Crippen LogP contribution in [0.4, 0.5) is 13.6 Å². The van der Waals surface area contributed by atoms with Crippen LogP contribution in [0.1, 0.15) is 66.7 Å². The first kappa shape index (κ1) is 27.3. The van der Waals surface area contributed by atoms with Gasteiger partial charge in [-0.3, -0.25) is 0 Å². The van der Waals surface area contributed by atoms with E-state index in [9.17, 15) is 23.5 Å². The Labute approximate surface area is 221 Å². The summed E-state index contributed by atoms with van der Waals surface area (Å²) >= 11 is 6.69. The van der Waals surface area contributed by atoms with E-state index in [1.54, 1.807) is 25.7 Å². The summed E-state index contributed by atoms with van der Waals surface area (Å²) in [6.45, 7) is 10.9. The summed E-state index contributed by atoms with van der Waals surface area (Å²) in [5, 5.41) is 10.8. The quantitative estimate of drug-likeness (QED) is 0.477. The van der Waals surface area contributed by atoms with Crippen molar-refractivity contribution in [3.8, 4) is 11.1 Å². The molecule has 1 atom stereocenters. The monoisotopic (exact) mass is 534 g/mol. The number of alkyl halides is 2. The number of nitrogens with zero attached hydrogens (tertiary/aromatic N) is 2. The molecule has 1 fully saturated rings. The highest BCUT2D eigenvalue weighted by atomic mass is 35.5. The van der Waals surface area contributed by atoms with Gasteiger partial charge in [0.05, 0.1) is 12.1 Å². The summed E-state index contributed by atoms with van der Waals surface area (Å²) in [6.07, 6.45) is -1.62. The van der Waals surface area contributed by atoms with Crippen molar-refractivity contribution < 1.29 is 28.2 Å². The van der Waals surface area contributed by atoms with Crippen LogP contribution in [0.15, 0.2) is 18.2 Å². The fraction of sp³-hybridized carbons (Fsp3) is 0.500. The molecule has 1 saturated heterocycles. The van der Waals surface area contributed by atoms with Crippen LogP contribution in [0.3, 0.4) is 0 Å². The molecule has 2 aliphatic rings. The van der Waals surface area contributed by atoms with Gasteiger partial charge in [0.2, 0.25) is 0 Å². The van der Waals surface area contributed by atoms with Crippen LogP contribution in [0.25, 0.3) is 11.1 Å². The smallest absolute Gasteiger partial charge is 0.337 e. The second-order valence-corrected chi connectivity index (χ2v) is 11.5. The van der Waals surface area contributed by atoms with E-state index >= 15 is 0 Å². The van der Waals surface area contributed by atoms with Gasteiger partial charge in [-0.2, -0.15) is 0 Å². The molecular formula is C28H33ClF2N2O4. The standard InChI is InChI=1S/C28H33ClF2N2O4/c1-15-7-8-18(21(29)11-15)22-16(2)19-12-33(26(36)32-10-9-28(30,31)14-32)13-20(19)17(3)23(22)24(25(34)35)37-27(4,5)6/h7-8,11,24H,9-10,12-14H2,1-6H3,(H,34,35). The lowest BCUT2D eigenvalue weighted by atomic mass is 9.83. The Morgan fingerprint density at radius 2 is 1.70 bits per heavy atom. The van der Waals surface area contributed by atoms with E-state index in [2.05, 4.69) is 0 Å². The first-order valence-electron chi connectivity index (χ1n) is 12.3. The topological polar surface area (TPSA) is 70.1 Å². The van der Waals surface area contributed by atoms with Crippen molar-refractivity contribution in [2.45, 2.75) is 78.7 Å². The third-order valence-corrected chi connectivity index (χ3v) is 7.39. The van der Waals surface area contributed by atoms with Gasteiger partial charge in [-0.15, -0.1) is 0 Å². The molecule has 0 aliphatic carbocycles. The molecule has 200 valence electrons. The molecule has 0 spiro atoms. The number of carbonyl (C=O) groups excluding carboxylic acids is 1. The number of rotatable bonds is 4. The summed E-state index contributed by atoms with van der Waals surface area (Å²) in [5.74, 6) is -4.01. The molecule has 2 amide bonds. The van der Waals surface area contributed by atoms with Crippen LogP contribution < -0.4 is 0 Å². The Balaban J connectivity index is 1.88. The first-order valence-corrected chi connectivity index (χ1v) is 12.7. The average Bonchev–Trinajstić information content (AvgIpc) is 3.38. The maximum atomic E-state index is 13.8. The van der Waals surface area contributed by atoms with Gasteiger partial charge in [-0.1, -0.05) is 23.7 Å². The number of likely N-dealkylation sites (tertiary alicyclic amines) is 1. The fourth-order valence-electron chi connectivity index (χ4n) is 5.34. The minimum Gasteiger partial charge on any atom is -0.479 e. The van der Waals surface area contributed by atoms with Gasteiger partial charge in [-0.25, -0.2) is 18.4 Å². The number of aryl methyl sites for hydroxylation is 1. The van der Waals surface area contributed by atoms with Gasteiger partial charge in [0.1, 0.15) is 0 Å². The van der Waals surface area contributed by atoms with E-state index in [4.69, 9.17) is 16.3 Å². The second kappa shape index (κ2) is 9.55. The van der Waals surface area contributed by atoms with Crippen LogP contribution in [-0.2, 0) is 22.6 Å². The van der Waals surface area contributed by atoms with E-state index in [-0.39, 0.29) is 26.1 Å². The molecule has 9 heteroatoms. The number of carbonyl (C=O) groups is 2. The molecule has 0 aromatic heterocycles. The molecule has 2 heterocycles. The Bertz CT molecular complexity index is 1270. The predicted molar refractivity (Wildman–Crippen MR) is 138 cm³/mol. The predicted octanol–water partition coefficient (Wildman–Crippen LogP) is 6.65. The van der Waals surface area contributed by atoms with Crippen molar-refractivity contribution in [3.63, 3.8) is 0 Å². The maximum Gasteiger partial charge on any atom is 0.337 e. The number of fused-ring (bicyclic) bond motifs is 1. The number of carboxylic acids is 1. The zero-order chi connectivity index (χ0) is 27.4. The molecule has 6 nitrogen and oxygen atoms in total. The fourth-order valence-corrected chi connectivity index (χ4v) is 5.67. The maximum absolute atomic E-state index is 13.8. The molecule has 2 aliphatic heterocycles. The number of urea groups is 1. The highest BCUT2D eigenvalue weighted by Gasteiger charge is 2.43. The Hall–Kier alpha value is -2.71. The molecule has 1 N–H and O–H groups in total. The van der Waals surface area contributed by atoms with E-state index < -0.39 is 36.2 Å². The van der Waals surface area contributed by atoms with Crippen molar-refractivity contribution in [1.82, 2.24) is 9.80 Å². The van der Waals surface area contributed by atoms with Gasteiger partial charge in [0, 0.05) is 42.2 Å². The van der Waals surface area contributed by atoms with Crippen molar-refractivity contribution in [2.24, 2.45) is 0 Å². The summed E-state index contributed by atoms with van der Waals surface area (Å²) < 4.78 is 33.7. The summed E-state index contributed by atoms with van der Waals surface area (Å²) in [7, 11) is 0. The largest absolute Gasteiger partial charge is 0.479 e. The van der Waals surface area contributed by atoms with Gasteiger partial charge >= 0.3 is 12.0 Å². The first-order chi connectivity index (χ1) is 17.1. The molecular weight excluding hydrogens is 502 g/mol. The molecule has 37 heavy (non-hydrogen) atoms. The van der Waals surface area contributed by atoms with Crippen LogP contribution in [0.2, 0.25) is 5.02 Å². The van der Waals surface area contributed by atoms with E-state index in [0.29, 0.717) is 27.3 Å². The zero-order valence-electron chi connectivity index (χ0n) is 22.0. The number of ether oxygens (including phenoxy) is 1. The van der Waals surface area contributed by atoms with Crippen molar-refractivity contribution in [1.29, 1.82) is 0 Å². The molecule has 0 bridgehead atoms. The van der Waals surface area contributed by atoms with Crippen LogP contribution >= 0.6 is 11.6 Å². The molecule has 4 rings (SSSR count). The third-order valence-electron chi connectivity index (χ3n) is 7.08. The average molecular weight is 535 g/mol. The lowest BCUT2D eigenvalue weighted by Gasteiger charge is -2.30. The summed E-state index contributed by atoms with van der Waals surface area (Å²) in [6, 6.07) is 5.17. The van der Waals surface area contributed by atoms with E-state index in [1.165, 1.54) is 4.90 Å².